The molecule has 0 fully saturated rings. The molecule has 1 heterocycles. The Balaban J connectivity index is 1.41. The van der Waals surface area contributed by atoms with E-state index < -0.39 is 11.8 Å². The summed E-state index contributed by atoms with van der Waals surface area (Å²) in [6, 6.07) is 11.0. The van der Waals surface area contributed by atoms with E-state index in [-0.39, 0.29) is 19.9 Å². The van der Waals surface area contributed by atoms with E-state index in [1.54, 1.807) is 12.1 Å². The van der Waals surface area contributed by atoms with Crippen molar-refractivity contribution >= 4 is 18.0 Å². The second-order valence-electron chi connectivity index (χ2n) is 6.24. The standard InChI is InChI=1S/C20H21N3O5/c1-13-4-3-5-16(6-13)26-11-20(25)21-10-19(24)23-22-9-15-8-18-17(7-14(15)2)27-12-28-18/h3-9H,10-12H2,1-2H3,(H,21,25)(H,23,24)/b22-9+. The molecule has 1 aliphatic heterocycles. The summed E-state index contributed by atoms with van der Waals surface area (Å²) in [5.74, 6) is 1.09. The van der Waals surface area contributed by atoms with Crippen molar-refractivity contribution < 1.29 is 23.8 Å². The van der Waals surface area contributed by atoms with Crippen LogP contribution in [0.25, 0.3) is 0 Å². The number of nitrogens with one attached hydrogen (secondary N) is 2. The van der Waals surface area contributed by atoms with Crippen molar-refractivity contribution in [1.82, 2.24) is 10.7 Å². The van der Waals surface area contributed by atoms with Crippen molar-refractivity contribution in [2.75, 3.05) is 19.9 Å². The van der Waals surface area contributed by atoms with Crippen molar-refractivity contribution in [3.63, 3.8) is 0 Å². The summed E-state index contributed by atoms with van der Waals surface area (Å²) in [7, 11) is 0. The van der Waals surface area contributed by atoms with Crippen LogP contribution >= 0.6 is 0 Å². The van der Waals surface area contributed by atoms with E-state index in [0.717, 1.165) is 16.7 Å². The van der Waals surface area contributed by atoms with Gasteiger partial charge in [0.1, 0.15) is 5.75 Å². The molecule has 2 aromatic rings. The van der Waals surface area contributed by atoms with Crippen LogP contribution in [0.4, 0.5) is 0 Å². The third-order valence-corrected chi connectivity index (χ3v) is 3.96. The fourth-order valence-electron chi connectivity index (χ4n) is 2.50. The molecular formula is C20H21N3O5. The second-order valence-corrected chi connectivity index (χ2v) is 6.24. The molecule has 0 aliphatic carbocycles. The Morgan fingerprint density at radius 3 is 2.71 bits per heavy atom. The summed E-state index contributed by atoms with van der Waals surface area (Å²) < 4.78 is 16.0. The third kappa shape index (κ3) is 5.23. The van der Waals surface area contributed by atoms with E-state index in [1.807, 2.05) is 38.1 Å². The maximum Gasteiger partial charge on any atom is 0.259 e. The highest BCUT2D eigenvalue weighted by molar-refractivity contribution is 5.87. The van der Waals surface area contributed by atoms with Crippen molar-refractivity contribution in [1.29, 1.82) is 0 Å². The van der Waals surface area contributed by atoms with Crippen molar-refractivity contribution in [2.24, 2.45) is 5.10 Å². The lowest BCUT2D eigenvalue weighted by Crippen LogP contribution is -2.37. The molecule has 8 nitrogen and oxygen atoms in total. The first-order valence-electron chi connectivity index (χ1n) is 8.69. The Bertz CT molecular complexity index is 911. The molecule has 0 radical (unpaired) electrons. The van der Waals surface area contributed by atoms with Crippen LogP contribution in [0.3, 0.4) is 0 Å². The Kier molecular flexibility index (Phi) is 6.11. The quantitative estimate of drug-likeness (QED) is 0.560. The van der Waals surface area contributed by atoms with E-state index in [0.29, 0.717) is 17.2 Å². The molecule has 2 amide bonds. The van der Waals surface area contributed by atoms with Gasteiger partial charge in [0.05, 0.1) is 12.8 Å². The average Bonchev–Trinajstić information content (AvgIpc) is 3.12. The number of amides is 2. The molecule has 2 aromatic carbocycles. The number of nitrogens with zero attached hydrogens (tertiary/aromatic N) is 1. The Hall–Kier alpha value is -3.55. The number of hydrogen-bond donors (Lipinski definition) is 2. The molecule has 0 aromatic heterocycles. The largest absolute Gasteiger partial charge is 0.484 e. The van der Waals surface area contributed by atoms with Gasteiger partial charge in [-0.1, -0.05) is 12.1 Å². The summed E-state index contributed by atoms with van der Waals surface area (Å²) in [6.45, 7) is 3.66. The van der Waals surface area contributed by atoms with E-state index in [4.69, 9.17) is 14.2 Å². The van der Waals surface area contributed by atoms with Crippen LogP contribution in [-0.2, 0) is 9.59 Å². The van der Waals surface area contributed by atoms with Gasteiger partial charge in [-0.25, -0.2) is 5.43 Å². The van der Waals surface area contributed by atoms with Crippen LogP contribution in [0.1, 0.15) is 16.7 Å². The van der Waals surface area contributed by atoms with Gasteiger partial charge in [-0.15, -0.1) is 0 Å². The van der Waals surface area contributed by atoms with Gasteiger partial charge in [-0.3, -0.25) is 9.59 Å². The molecule has 0 spiro atoms. The lowest BCUT2D eigenvalue weighted by Gasteiger charge is -2.07. The molecule has 2 N–H and O–H groups in total. The van der Waals surface area contributed by atoms with Crippen LogP contribution in [0, 0.1) is 13.8 Å². The summed E-state index contributed by atoms with van der Waals surface area (Å²) >= 11 is 0. The molecule has 3 rings (SSSR count). The lowest BCUT2D eigenvalue weighted by molar-refractivity contribution is -0.127. The van der Waals surface area contributed by atoms with Gasteiger partial charge in [-0.2, -0.15) is 5.10 Å². The van der Waals surface area contributed by atoms with Crippen molar-refractivity contribution in [3.8, 4) is 17.2 Å². The highest BCUT2D eigenvalue weighted by Crippen LogP contribution is 2.33. The van der Waals surface area contributed by atoms with E-state index in [9.17, 15) is 9.59 Å². The van der Waals surface area contributed by atoms with E-state index in [1.165, 1.54) is 6.21 Å². The number of benzene rings is 2. The van der Waals surface area contributed by atoms with E-state index >= 15 is 0 Å². The van der Waals surface area contributed by atoms with Crippen LogP contribution in [0.2, 0.25) is 0 Å². The van der Waals surface area contributed by atoms with Gasteiger partial charge in [0.2, 0.25) is 6.79 Å². The minimum absolute atomic E-state index is 0.170. The predicted octanol–water partition coefficient (Wildman–Crippen LogP) is 1.68. The number of rotatable bonds is 7. The zero-order valence-corrected chi connectivity index (χ0v) is 15.7. The van der Waals surface area contributed by atoms with Gasteiger partial charge in [0, 0.05) is 5.56 Å². The van der Waals surface area contributed by atoms with Crippen LogP contribution in [-0.4, -0.2) is 38.0 Å². The molecule has 0 atom stereocenters. The fraction of sp³-hybridized carbons (Fsp3) is 0.250. The zero-order chi connectivity index (χ0) is 19.9. The predicted molar refractivity (Wildman–Crippen MR) is 103 cm³/mol. The number of aryl methyl sites for hydroxylation is 2. The number of carbonyl (C=O) groups is 2. The van der Waals surface area contributed by atoms with Crippen LogP contribution in [0.5, 0.6) is 17.2 Å². The Morgan fingerprint density at radius 1 is 1.14 bits per heavy atom. The minimum atomic E-state index is -0.446. The molecule has 0 unspecified atom stereocenters. The van der Waals surface area contributed by atoms with Gasteiger partial charge in [0.15, 0.2) is 18.1 Å². The minimum Gasteiger partial charge on any atom is -0.484 e. The summed E-state index contributed by atoms with van der Waals surface area (Å²) in [6.07, 6.45) is 1.51. The first-order chi connectivity index (χ1) is 13.5. The number of hydrogen-bond acceptors (Lipinski definition) is 6. The molecule has 8 heteroatoms. The Morgan fingerprint density at radius 2 is 1.93 bits per heavy atom. The van der Waals surface area contributed by atoms with Crippen LogP contribution in [0.15, 0.2) is 41.5 Å². The maximum atomic E-state index is 11.8. The van der Waals surface area contributed by atoms with Crippen LogP contribution < -0.4 is 25.0 Å². The first-order valence-corrected chi connectivity index (χ1v) is 8.69. The van der Waals surface area contributed by atoms with Gasteiger partial charge >= 0.3 is 0 Å². The van der Waals surface area contributed by atoms with Crippen molar-refractivity contribution in [2.45, 2.75) is 13.8 Å². The monoisotopic (exact) mass is 383 g/mol. The number of carbonyl (C=O) groups excluding carboxylic acids is 2. The molecule has 0 saturated carbocycles. The first kappa shape index (κ1) is 19.2. The average molecular weight is 383 g/mol. The van der Waals surface area contributed by atoms with Crippen molar-refractivity contribution in [3.05, 3.63) is 53.1 Å². The molecule has 1 aliphatic rings. The molecule has 0 bridgehead atoms. The van der Waals surface area contributed by atoms with E-state index in [2.05, 4.69) is 15.8 Å². The third-order valence-electron chi connectivity index (χ3n) is 3.96. The SMILES string of the molecule is Cc1cccc(OCC(=O)NCC(=O)N/N=C/c2cc3c(cc2C)OCO3)c1. The molecule has 0 saturated heterocycles. The Labute approximate surface area is 162 Å². The summed E-state index contributed by atoms with van der Waals surface area (Å²) in [5.41, 5.74) is 5.13. The lowest BCUT2D eigenvalue weighted by atomic mass is 10.1. The van der Waals surface area contributed by atoms with Gasteiger partial charge in [-0.05, 0) is 49.2 Å². The number of hydrazone groups is 1. The highest BCUT2D eigenvalue weighted by Gasteiger charge is 2.14. The highest BCUT2D eigenvalue weighted by atomic mass is 16.7. The molecular weight excluding hydrogens is 362 g/mol. The normalized spacial score (nSPS) is 12.1. The fourth-order valence-corrected chi connectivity index (χ4v) is 2.50. The summed E-state index contributed by atoms with van der Waals surface area (Å²) in [5, 5.41) is 6.38. The topological polar surface area (TPSA) is 98.2 Å². The number of fused-ring (bicyclic) bond motifs is 1. The second kappa shape index (κ2) is 8.90. The molecule has 28 heavy (non-hydrogen) atoms. The zero-order valence-electron chi connectivity index (χ0n) is 15.7. The van der Waals surface area contributed by atoms with Gasteiger partial charge in [0.25, 0.3) is 11.8 Å². The maximum absolute atomic E-state index is 11.8. The summed E-state index contributed by atoms with van der Waals surface area (Å²) in [4.78, 5) is 23.6. The smallest absolute Gasteiger partial charge is 0.259 e. The number of ether oxygens (including phenoxy) is 3. The molecule has 146 valence electrons. The van der Waals surface area contributed by atoms with Gasteiger partial charge < -0.3 is 19.5 Å².